The molecule has 6 nitrogen and oxygen atoms in total. The predicted molar refractivity (Wildman–Crippen MR) is 82.1 cm³/mol. The maximum Gasteiger partial charge on any atom is 0.136 e. The van der Waals surface area contributed by atoms with Gasteiger partial charge in [-0.1, -0.05) is 0 Å². The summed E-state index contributed by atoms with van der Waals surface area (Å²) < 4.78 is 1.85. The molecule has 0 aromatic carbocycles. The summed E-state index contributed by atoms with van der Waals surface area (Å²) in [7, 11) is 4.07. The van der Waals surface area contributed by atoms with E-state index in [1.54, 1.807) is 0 Å². The Kier molecular flexibility index (Phi) is 3.88. The van der Waals surface area contributed by atoms with E-state index in [1.807, 2.05) is 24.9 Å². The van der Waals surface area contributed by atoms with Crippen LogP contribution in [0.5, 0.6) is 0 Å². The second kappa shape index (κ2) is 5.81. The Morgan fingerprint density at radius 2 is 2.19 bits per heavy atom. The van der Waals surface area contributed by atoms with Gasteiger partial charge in [0, 0.05) is 45.5 Å². The third-order valence-electron chi connectivity index (χ3n) is 3.86. The van der Waals surface area contributed by atoms with Crippen molar-refractivity contribution in [2.45, 2.75) is 32.9 Å². The highest BCUT2D eigenvalue weighted by atomic mass is 15.2. The smallest absolute Gasteiger partial charge is 0.136 e. The number of rotatable bonds is 5. The fourth-order valence-electron chi connectivity index (χ4n) is 2.81. The topological polar surface area (TPSA) is 58.9 Å². The molecule has 3 rings (SSSR count). The van der Waals surface area contributed by atoms with Gasteiger partial charge in [-0.3, -0.25) is 4.68 Å². The maximum absolute atomic E-state index is 4.63. The van der Waals surface area contributed by atoms with Gasteiger partial charge < -0.3 is 10.2 Å². The molecule has 0 unspecified atom stereocenters. The first-order valence-corrected chi connectivity index (χ1v) is 7.39. The van der Waals surface area contributed by atoms with Crippen LogP contribution in [0, 0.1) is 6.92 Å². The molecule has 0 fully saturated rings. The predicted octanol–water partition coefficient (Wildman–Crippen LogP) is 1.19. The van der Waals surface area contributed by atoms with Gasteiger partial charge in [0.2, 0.25) is 0 Å². The van der Waals surface area contributed by atoms with Crippen molar-refractivity contribution >= 4 is 5.82 Å². The van der Waals surface area contributed by atoms with E-state index >= 15 is 0 Å². The molecule has 0 bridgehead atoms. The molecule has 2 aromatic heterocycles. The number of aromatic nitrogens is 4. The Hall–Kier alpha value is -1.95. The molecule has 0 aliphatic carbocycles. The summed E-state index contributed by atoms with van der Waals surface area (Å²) in [6, 6.07) is 0. The van der Waals surface area contributed by atoms with Gasteiger partial charge in [-0.15, -0.1) is 0 Å². The molecule has 0 amide bonds. The third kappa shape index (κ3) is 3.05. The Morgan fingerprint density at radius 1 is 1.33 bits per heavy atom. The van der Waals surface area contributed by atoms with Gasteiger partial charge in [-0.05, 0) is 25.3 Å². The summed E-state index contributed by atoms with van der Waals surface area (Å²) in [5.41, 5.74) is 3.69. The molecular formula is C15H22N6. The second-order valence-corrected chi connectivity index (χ2v) is 5.67. The van der Waals surface area contributed by atoms with E-state index in [4.69, 9.17) is 0 Å². The summed E-state index contributed by atoms with van der Waals surface area (Å²) in [5, 5.41) is 7.56. The van der Waals surface area contributed by atoms with Gasteiger partial charge in [0.1, 0.15) is 11.6 Å². The fraction of sp³-hybridized carbons (Fsp3) is 0.533. The zero-order chi connectivity index (χ0) is 14.8. The van der Waals surface area contributed by atoms with Crippen LogP contribution in [0.3, 0.4) is 0 Å². The molecule has 1 aliphatic rings. The van der Waals surface area contributed by atoms with E-state index in [0.29, 0.717) is 0 Å². The van der Waals surface area contributed by atoms with Crippen LogP contribution in [-0.2, 0) is 26.6 Å². The van der Waals surface area contributed by atoms with Gasteiger partial charge in [0.05, 0.1) is 11.9 Å². The average Bonchev–Trinajstić information content (AvgIpc) is 3.06. The Bertz CT molecular complexity index is 633. The van der Waals surface area contributed by atoms with Gasteiger partial charge in [-0.2, -0.15) is 5.10 Å². The minimum absolute atomic E-state index is 0.853. The SMILES string of the molecule is Cc1nc2c(c(N(C)CCCc3cnn(C)c3)n1)CNC2. The first kappa shape index (κ1) is 14.0. The molecule has 112 valence electrons. The van der Waals surface area contributed by atoms with Crippen LogP contribution in [0.25, 0.3) is 0 Å². The lowest BCUT2D eigenvalue weighted by molar-refractivity contribution is 0.749. The summed E-state index contributed by atoms with van der Waals surface area (Å²) in [5.74, 6) is 1.93. The summed E-state index contributed by atoms with van der Waals surface area (Å²) in [4.78, 5) is 11.4. The Morgan fingerprint density at radius 3 is 2.95 bits per heavy atom. The summed E-state index contributed by atoms with van der Waals surface area (Å²) in [6.07, 6.45) is 6.16. The standard InChI is InChI=1S/C15H22N6/c1-11-18-14-9-16-8-13(14)15(19-11)20(2)6-4-5-12-7-17-21(3)10-12/h7,10,16H,4-6,8-9H2,1-3H3. The zero-order valence-electron chi connectivity index (χ0n) is 12.9. The van der Waals surface area contributed by atoms with Crippen LogP contribution in [0.2, 0.25) is 0 Å². The number of nitrogens with zero attached hydrogens (tertiary/aromatic N) is 5. The first-order valence-electron chi connectivity index (χ1n) is 7.39. The van der Waals surface area contributed by atoms with Crippen LogP contribution in [0.4, 0.5) is 5.82 Å². The molecule has 21 heavy (non-hydrogen) atoms. The molecule has 0 spiro atoms. The van der Waals surface area contributed by atoms with Crippen LogP contribution < -0.4 is 10.2 Å². The van der Waals surface area contributed by atoms with E-state index in [-0.39, 0.29) is 0 Å². The summed E-state index contributed by atoms with van der Waals surface area (Å²) >= 11 is 0. The van der Waals surface area contributed by atoms with Gasteiger partial charge >= 0.3 is 0 Å². The molecule has 1 aliphatic heterocycles. The lowest BCUT2D eigenvalue weighted by Gasteiger charge is -2.21. The Labute approximate surface area is 125 Å². The van der Waals surface area contributed by atoms with Crippen LogP contribution in [0.15, 0.2) is 12.4 Å². The van der Waals surface area contributed by atoms with Gasteiger partial charge in [0.25, 0.3) is 0 Å². The van der Waals surface area contributed by atoms with Gasteiger partial charge in [-0.25, -0.2) is 9.97 Å². The molecule has 0 saturated heterocycles. The van der Waals surface area contributed by atoms with Crippen LogP contribution in [0.1, 0.15) is 29.1 Å². The molecular weight excluding hydrogens is 264 g/mol. The highest BCUT2D eigenvalue weighted by Crippen LogP contribution is 2.24. The molecule has 0 atom stereocenters. The third-order valence-corrected chi connectivity index (χ3v) is 3.86. The number of anilines is 1. The van der Waals surface area contributed by atoms with E-state index in [0.717, 1.165) is 49.8 Å². The maximum atomic E-state index is 4.63. The second-order valence-electron chi connectivity index (χ2n) is 5.67. The lowest BCUT2D eigenvalue weighted by atomic mass is 10.2. The molecule has 2 aromatic rings. The minimum atomic E-state index is 0.853. The number of aryl methyl sites for hydroxylation is 3. The highest BCUT2D eigenvalue weighted by Gasteiger charge is 2.20. The zero-order valence-corrected chi connectivity index (χ0v) is 12.9. The van der Waals surface area contributed by atoms with Gasteiger partial charge in [0.15, 0.2) is 0 Å². The average molecular weight is 286 g/mol. The summed E-state index contributed by atoms with van der Waals surface area (Å²) in [6.45, 7) is 4.68. The molecule has 1 N–H and O–H groups in total. The van der Waals surface area contributed by atoms with Crippen molar-refractivity contribution in [3.8, 4) is 0 Å². The highest BCUT2D eigenvalue weighted by molar-refractivity contribution is 5.50. The van der Waals surface area contributed by atoms with Crippen molar-refractivity contribution in [3.05, 3.63) is 35.0 Å². The van der Waals surface area contributed by atoms with E-state index in [2.05, 4.69) is 38.5 Å². The largest absolute Gasteiger partial charge is 0.359 e. The molecule has 6 heteroatoms. The van der Waals surface area contributed by atoms with Crippen molar-refractivity contribution in [2.24, 2.45) is 7.05 Å². The number of hydrogen-bond acceptors (Lipinski definition) is 5. The van der Waals surface area contributed by atoms with Crippen LogP contribution in [-0.4, -0.2) is 33.3 Å². The monoisotopic (exact) mass is 286 g/mol. The number of fused-ring (bicyclic) bond motifs is 1. The van der Waals surface area contributed by atoms with E-state index < -0.39 is 0 Å². The Balaban J connectivity index is 1.64. The normalized spacial score (nSPS) is 13.5. The van der Waals surface area contributed by atoms with Crippen molar-refractivity contribution in [3.63, 3.8) is 0 Å². The van der Waals surface area contributed by atoms with E-state index in [9.17, 15) is 0 Å². The molecule has 0 radical (unpaired) electrons. The van der Waals surface area contributed by atoms with E-state index in [1.165, 1.54) is 11.1 Å². The van der Waals surface area contributed by atoms with Crippen molar-refractivity contribution in [2.75, 3.05) is 18.5 Å². The minimum Gasteiger partial charge on any atom is -0.359 e. The number of nitrogens with one attached hydrogen (secondary N) is 1. The van der Waals surface area contributed by atoms with Crippen molar-refractivity contribution in [1.82, 2.24) is 25.1 Å². The number of hydrogen-bond donors (Lipinski definition) is 1. The quantitative estimate of drug-likeness (QED) is 0.895. The molecule has 3 heterocycles. The van der Waals surface area contributed by atoms with Crippen LogP contribution >= 0.6 is 0 Å². The fourth-order valence-corrected chi connectivity index (χ4v) is 2.81. The first-order chi connectivity index (χ1) is 10.1. The lowest BCUT2D eigenvalue weighted by Crippen LogP contribution is -2.22. The van der Waals surface area contributed by atoms with Crippen molar-refractivity contribution in [1.29, 1.82) is 0 Å². The molecule has 0 saturated carbocycles. The van der Waals surface area contributed by atoms with Crippen molar-refractivity contribution < 1.29 is 0 Å².